The van der Waals surface area contributed by atoms with E-state index in [2.05, 4.69) is 14.1 Å². The topological polar surface area (TPSA) is 59.1 Å². The van der Waals surface area contributed by atoms with Crippen molar-refractivity contribution in [1.82, 2.24) is 0 Å². The molecule has 2 aromatic rings. The Balaban J connectivity index is 1.50. The van der Waals surface area contributed by atoms with Crippen molar-refractivity contribution in [3.05, 3.63) is 70.8 Å². The number of piperidine rings is 1. The number of halogens is 4. The van der Waals surface area contributed by atoms with E-state index in [9.17, 15) is 27.5 Å². The molecule has 170 valence electrons. The maximum atomic E-state index is 14.7. The quantitative estimate of drug-likeness (QED) is 0.336. The minimum absolute atomic E-state index is 0.0849. The van der Waals surface area contributed by atoms with Gasteiger partial charge in [0.2, 0.25) is 5.60 Å². The van der Waals surface area contributed by atoms with Crippen molar-refractivity contribution < 1.29 is 41.4 Å². The van der Waals surface area contributed by atoms with Crippen molar-refractivity contribution in [2.24, 2.45) is 0 Å². The van der Waals surface area contributed by atoms with E-state index >= 15 is 0 Å². The lowest BCUT2D eigenvalue weighted by Crippen LogP contribution is -2.60. The van der Waals surface area contributed by atoms with E-state index in [1.54, 1.807) is 0 Å². The number of ether oxygens (including phenoxy) is 2. The Labute approximate surface area is 181 Å². The molecule has 0 aromatic heterocycles. The van der Waals surface area contributed by atoms with Gasteiger partial charge in [-0.1, -0.05) is 0 Å². The average molecular weight is 452 g/mol. The van der Waals surface area contributed by atoms with Crippen molar-refractivity contribution in [2.75, 3.05) is 14.1 Å². The third-order valence-electron chi connectivity index (χ3n) is 7.25. The monoisotopic (exact) mass is 452 g/mol. The maximum Gasteiger partial charge on any atom is 0.348 e. The molecular formula is C23H22F4NO4+. The molecule has 0 radical (unpaired) electrons. The molecule has 9 heteroatoms. The molecule has 5 rings (SSSR count). The number of epoxide rings is 1. The zero-order valence-corrected chi connectivity index (χ0v) is 17.4. The number of rotatable bonds is 4. The van der Waals surface area contributed by atoms with Crippen LogP contribution in [0.15, 0.2) is 36.4 Å². The number of quaternary nitrogens is 1. The predicted octanol–water partition coefficient (Wildman–Crippen LogP) is 2.78. The Morgan fingerprint density at radius 3 is 1.88 bits per heavy atom. The predicted molar refractivity (Wildman–Crippen MR) is 103 cm³/mol. The molecule has 32 heavy (non-hydrogen) atoms. The van der Waals surface area contributed by atoms with Crippen molar-refractivity contribution in [1.29, 1.82) is 0 Å². The Kier molecular flexibility index (Phi) is 4.67. The van der Waals surface area contributed by atoms with Gasteiger partial charge < -0.3 is 19.1 Å². The summed E-state index contributed by atoms with van der Waals surface area (Å²) in [5.74, 6) is -5.71. The first kappa shape index (κ1) is 21.4. The van der Waals surface area contributed by atoms with Gasteiger partial charge in [0, 0.05) is 36.1 Å². The third-order valence-corrected chi connectivity index (χ3v) is 7.25. The van der Waals surface area contributed by atoms with E-state index in [-0.39, 0.29) is 24.3 Å². The van der Waals surface area contributed by atoms with Gasteiger partial charge in [-0.05, 0) is 24.3 Å². The molecule has 3 aliphatic heterocycles. The molecule has 0 saturated carbocycles. The fourth-order valence-electron chi connectivity index (χ4n) is 5.47. The maximum absolute atomic E-state index is 14.7. The molecule has 5 nitrogen and oxygen atoms in total. The normalized spacial score (nSPS) is 30.0. The van der Waals surface area contributed by atoms with E-state index in [4.69, 9.17) is 9.47 Å². The number of carbonyl (C=O) groups is 1. The van der Waals surface area contributed by atoms with Crippen molar-refractivity contribution in [3.8, 4) is 0 Å². The van der Waals surface area contributed by atoms with E-state index in [1.807, 2.05) is 0 Å². The second kappa shape index (κ2) is 7.00. The molecule has 5 atom stereocenters. The van der Waals surface area contributed by atoms with Gasteiger partial charge in [-0.2, -0.15) is 0 Å². The van der Waals surface area contributed by atoms with E-state index < -0.39 is 52.1 Å². The van der Waals surface area contributed by atoms with Crippen LogP contribution in [0.5, 0.6) is 0 Å². The summed E-state index contributed by atoms with van der Waals surface area (Å²) in [4.78, 5) is 13.3. The van der Waals surface area contributed by atoms with Crippen LogP contribution >= 0.6 is 0 Å². The molecule has 1 N–H and O–H groups in total. The smallest absolute Gasteiger partial charge is 0.348 e. The summed E-state index contributed by atoms with van der Waals surface area (Å²) < 4.78 is 68.3. The lowest BCUT2D eigenvalue weighted by atomic mass is 9.85. The first-order valence-corrected chi connectivity index (χ1v) is 10.4. The summed E-state index contributed by atoms with van der Waals surface area (Å²) >= 11 is 0. The number of morpholine rings is 1. The van der Waals surface area contributed by atoms with Crippen LogP contribution in [-0.2, 0) is 19.9 Å². The van der Waals surface area contributed by atoms with Gasteiger partial charge in [0.25, 0.3) is 0 Å². The number of likely N-dealkylation sites (N-methyl/N-ethyl adjacent to an activating group) is 1. The van der Waals surface area contributed by atoms with Gasteiger partial charge in [0.15, 0.2) is 0 Å². The molecule has 0 spiro atoms. The highest BCUT2D eigenvalue weighted by Gasteiger charge is 2.71. The average Bonchev–Trinajstić information content (AvgIpc) is 3.46. The van der Waals surface area contributed by atoms with E-state index in [0.717, 1.165) is 28.7 Å². The first-order chi connectivity index (χ1) is 15.0. The Bertz CT molecular complexity index is 1040. The van der Waals surface area contributed by atoms with Crippen molar-refractivity contribution in [3.63, 3.8) is 0 Å². The van der Waals surface area contributed by atoms with Crippen LogP contribution in [0.3, 0.4) is 0 Å². The number of hydrogen-bond donors (Lipinski definition) is 1. The number of carbonyl (C=O) groups excluding carboxylic acids is 1. The summed E-state index contributed by atoms with van der Waals surface area (Å²) in [6.45, 7) is 0. The Morgan fingerprint density at radius 1 is 0.969 bits per heavy atom. The van der Waals surface area contributed by atoms with Crippen LogP contribution in [0.1, 0.15) is 24.0 Å². The number of hydrogen-bond acceptors (Lipinski definition) is 4. The highest BCUT2D eigenvalue weighted by atomic mass is 19.1. The molecule has 2 bridgehead atoms. The number of nitrogens with zero attached hydrogens (tertiary/aromatic N) is 1. The molecule has 3 fully saturated rings. The highest BCUT2D eigenvalue weighted by molar-refractivity contribution is 5.85. The molecule has 3 heterocycles. The fraction of sp³-hybridized carbons (Fsp3) is 0.435. The Morgan fingerprint density at radius 2 is 1.44 bits per heavy atom. The lowest BCUT2D eigenvalue weighted by molar-refractivity contribution is -0.938. The van der Waals surface area contributed by atoms with Gasteiger partial charge in [-0.15, -0.1) is 0 Å². The summed E-state index contributed by atoms with van der Waals surface area (Å²) in [5, 5.41) is 11.4. The van der Waals surface area contributed by atoms with Gasteiger partial charge in [-0.25, -0.2) is 22.4 Å². The number of esters is 1. The second-order valence-electron chi connectivity index (χ2n) is 9.29. The van der Waals surface area contributed by atoms with Crippen LogP contribution in [0.4, 0.5) is 17.6 Å². The minimum atomic E-state index is -2.93. The second-order valence-corrected chi connectivity index (χ2v) is 9.29. The van der Waals surface area contributed by atoms with Crippen LogP contribution < -0.4 is 0 Å². The molecule has 0 aliphatic carbocycles. The lowest BCUT2D eigenvalue weighted by Gasteiger charge is -2.45. The number of fused-ring (bicyclic) bond motifs is 5. The zero-order valence-electron chi connectivity index (χ0n) is 17.4. The standard InChI is InChI=1S/C23H22F4NO4/c1-28(2)18-9-13(10-19(28)21-20(18)32-21)31-22(29)23(30,14-5-3-11(24)7-16(14)26)15-6-4-12(25)8-17(15)27/h3-8,13,18-21,30H,9-10H2,1-2H3/q+1/t13?,18-,19?,20-,21?/m0/s1. The summed E-state index contributed by atoms with van der Waals surface area (Å²) in [6, 6.07) is 4.50. The zero-order chi connectivity index (χ0) is 23.0. The first-order valence-electron chi connectivity index (χ1n) is 10.4. The molecule has 0 amide bonds. The van der Waals surface area contributed by atoms with Gasteiger partial charge >= 0.3 is 5.97 Å². The van der Waals surface area contributed by atoms with Crippen LogP contribution in [-0.4, -0.2) is 60.0 Å². The third kappa shape index (κ3) is 3.06. The molecule has 3 unspecified atom stereocenters. The van der Waals surface area contributed by atoms with E-state index in [0.29, 0.717) is 25.0 Å². The van der Waals surface area contributed by atoms with Crippen LogP contribution in [0, 0.1) is 23.3 Å². The fourth-order valence-corrected chi connectivity index (χ4v) is 5.47. The summed E-state index contributed by atoms with van der Waals surface area (Å²) in [5.41, 5.74) is -4.30. The van der Waals surface area contributed by atoms with Crippen LogP contribution in [0.2, 0.25) is 0 Å². The van der Waals surface area contributed by atoms with Gasteiger partial charge in [0.1, 0.15) is 53.7 Å². The Hall–Kier alpha value is -2.49. The molecule has 3 aliphatic rings. The number of benzene rings is 2. The van der Waals surface area contributed by atoms with Crippen molar-refractivity contribution in [2.45, 2.75) is 48.8 Å². The van der Waals surface area contributed by atoms with Gasteiger partial charge in [0.05, 0.1) is 14.1 Å². The SMILES string of the molecule is C[N+]1(C)C2CC(OC(=O)C(O)(c3ccc(F)cc3F)c3ccc(F)cc3F)C[C@H]1[C@@H]1OC21. The highest BCUT2D eigenvalue weighted by Crippen LogP contribution is 2.52. The van der Waals surface area contributed by atoms with E-state index in [1.165, 1.54) is 0 Å². The minimum Gasteiger partial charge on any atom is -0.459 e. The largest absolute Gasteiger partial charge is 0.459 e. The van der Waals surface area contributed by atoms with Gasteiger partial charge in [-0.3, -0.25) is 0 Å². The molecular weight excluding hydrogens is 430 g/mol. The van der Waals surface area contributed by atoms with Crippen molar-refractivity contribution >= 4 is 5.97 Å². The summed E-state index contributed by atoms with van der Waals surface area (Å²) in [6.07, 6.45) is 0.496. The number of aliphatic hydroxyl groups is 1. The molecule has 2 aromatic carbocycles. The summed E-state index contributed by atoms with van der Waals surface area (Å²) in [7, 11) is 4.17. The van der Waals surface area contributed by atoms with Crippen LogP contribution in [0.25, 0.3) is 0 Å². The molecule has 3 saturated heterocycles.